The Kier molecular flexibility index (Phi) is 5.50. The number of hydrogen-bond acceptors (Lipinski definition) is 4. The van der Waals surface area contributed by atoms with E-state index in [-0.39, 0.29) is 5.96 Å². The SMILES string of the molecule is CCOc1ccc(C=NN=C(N)N)cc1OCC. The molecule has 0 amide bonds. The lowest BCUT2D eigenvalue weighted by Crippen LogP contribution is -2.21. The van der Waals surface area contributed by atoms with E-state index in [1.54, 1.807) is 0 Å². The molecule has 0 fully saturated rings. The van der Waals surface area contributed by atoms with Gasteiger partial charge in [-0.3, -0.25) is 0 Å². The highest BCUT2D eigenvalue weighted by Crippen LogP contribution is 2.27. The fourth-order valence-electron chi connectivity index (χ4n) is 1.31. The molecule has 0 spiro atoms. The van der Waals surface area contributed by atoms with Crippen LogP contribution in [0.25, 0.3) is 0 Å². The van der Waals surface area contributed by atoms with Crippen LogP contribution in [-0.2, 0) is 0 Å². The molecule has 6 nitrogen and oxygen atoms in total. The Morgan fingerprint density at radius 3 is 2.44 bits per heavy atom. The Labute approximate surface area is 106 Å². The van der Waals surface area contributed by atoms with Crippen molar-refractivity contribution in [3.63, 3.8) is 0 Å². The molecule has 0 aliphatic carbocycles. The molecule has 1 aromatic carbocycles. The van der Waals surface area contributed by atoms with E-state index in [0.29, 0.717) is 24.7 Å². The van der Waals surface area contributed by atoms with Crippen LogP contribution in [0.4, 0.5) is 0 Å². The minimum Gasteiger partial charge on any atom is -0.490 e. The van der Waals surface area contributed by atoms with Crippen LogP contribution in [-0.4, -0.2) is 25.4 Å². The number of nitrogens with zero attached hydrogens (tertiary/aromatic N) is 2. The summed E-state index contributed by atoms with van der Waals surface area (Å²) < 4.78 is 10.9. The summed E-state index contributed by atoms with van der Waals surface area (Å²) in [5.74, 6) is 1.30. The third-order valence-electron chi connectivity index (χ3n) is 1.95. The van der Waals surface area contributed by atoms with Gasteiger partial charge in [0.25, 0.3) is 0 Å². The van der Waals surface area contributed by atoms with Crippen molar-refractivity contribution >= 4 is 12.2 Å². The van der Waals surface area contributed by atoms with E-state index >= 15 is 0 Å². The summed E-state index contributed by atoms with van der Waals surface area (Å²) in [6.07, 6.45) is 1.54. The Bertz CT molecular complexity index is 440. The second kappa shape index (κ2) is 7.16. The molecular weight excluding hydrogens is 232 g/mol. The second-order valence-corrected chi connectivity index (χ2v) is 3.34. The van der Waals surface area contributed by atoms with Crippen molar-refractivity contribution < 1.29 is 9.47 Å². The summed E-state index contributed by atoms with van der Waals surface area (Å²) in [6, 6.07) is 5.49. The van der Waals surface area contributed by atoms with E-state index in [0.717, 1.165) is 5.56 Å². The van der Waals surface area contributed by atoms with Gasteiger partial charge in [-0.05, 0) is 37.6 Å². The van der Waals surface area contributed by atoms with Crippen LogP contribution in [0.1, 0.15) is 19.4 Å². The first kappa shape index (κ1) is 13.8. The van der Waals surface area contributed by atoms with E-state index in [4.69, 9.17) is 20.9 Å². The molecule has 0 aromatic heterocycles. The largest absolute Gasteiger partial charge is 0.490 e. The Morgan fingerprint density at radius 2 is 1.83 bits per heavy atom. The first-order valence-electron chi connectivity index (χ1n) is 5.69. The predicted octanol–water partition coefficient (Wildman–Crippen LogP) is 1.09. The van der Waals surface area contributed by atoms with Gasteiger partial charge < -0.3 is 20.9 Å². The fourth-order valence-corrected chi connectivity index (χ4v) is 1.31. The van der Waals surface area contributed by atoms with Crippen molar-refractivity contribution in [2.24, 2.45) is 21.7 Å². The first-order valence-corrected chi connectivity index (χ1v) is 5.69. The highest BCUT2D eigenvalue weighted by Gasteiger charge is 2.04. The Hall–Kier alpha value is -2.24. The molecule has 6 heteroatoms. The zero-order valence-electron chi connectivity index (χ0n) is 10.6. The zero-order valence-corrected chi connectivity index (χ0v) is 10.6. The van der Waals surface area contributed by atoms with Crippen LogP contribution in [0.2, 0.25) is 0 Å². The molecule has 1 aromatic rings. The monoisotopic (exact) mass is 250 g/mol. The molecule has 4 N–H and O–H groups in total. The van der Waals surface area contributed by atoms with Crippen molar-refractivity contribution in [3.8, 4) is 11.5 Å². The van der Waals surface area contributed by atoms with Crippen LogP contribution in [0.15, 0.2) is 28.4 Å². The number of benzene rings is 1. The van der Waals surface area contributed by atoms with Crippen molar-refractivity contribution in [2.75, 3.05) is 13.2 Å². The highest BCUT2D eigenvalue weighted by atomic mass is 16.5. The first-order chi connectivity index (χ1) is 8.67. The predicted molar refractivity (Wildman–Crippen MR) is 72.2 cm³/mol. The second-order valence-electron chi connectivity index (χ2n) is 3.34. The molecule has 0 heterocycles. The minimum atomic E-state index is -0.0813. The molecule has 0 bridgehead atoms. The maximum absolute atomic E-state index is 5.49. The Balaban J connectivity index is 2.91. The van der Waals surface area contributed by atoms with Gasteiger partial charge in [0.15, 0.2) is 11.5 Å². The van der Waals surface area contributed by atoms with Gasteiger partial charge >= 0.3 is 0 Å². The maximum Gasteiger partial charge on any atom is 0.211 e. The maximum atomic E-state index is 5.49. The van der Waals surface area contributed by atoms with Crippen LogP contribution in [0.3, 0.4) is 0 Å². The number of ether oxygens (including phenoxy) is 2. The lowest BCUT2D eigenvalue weighted by molar-refractivity contribution is 0.288. The molecule has 0 unspecified atom stereocenters. The van der Waals surface area contributed by atoms with Crippen LogP contribution in [0, 0.1) is 0 Å². The van der Waals surface area contributed by atoms with Crippen molar-refractivity contribution in [1.29, 1.82) is 0 Å². The molecule has 0 aliphatic rings. The van der Waals surface area contributed by atoms with E-state index in [9.17, 15) is 0 Å². The number of rotatable bonds is 6. The zero-order chi connectivity index (χ0) is 13.4. The van der Waals surface area contributed by atoms with Crippen LogP contribution in [0.5, 0.6) is 11.5 Å². The third-order valence-corrected chi connectivity index (χ3v) is 1.95. The van der Waals surface area contributed by atoms with Gasteiger partial charge in [-0.1, -0.05) is 0 Å². The topological polar surface area (TPSA) is 95.2 Å². The highest BCUT2D eigenvalue weighted by molar-refractivity contribution is 5.82. The van der Waals surface area contributed by atoms with E-state index in [1.165, 1.54) is 6.21 Å². The summed E-state index contributed by atoms with van der Waals surface area (Å²) in [6.45, 7) is 4.98. The summed E-state index contributed by atoms with van der Waals surface area (Å²) in [7, 11) is 0. The van der Waals surface area contributed by atoms with Crippen molar-refractivity contribution in [2.45, 2.75) is 13.8 Å². The number of hydrogen-bond donors (Lipinski definition) is 2. The van der Waals surface area contributed by atoms with Crippen molar-refractivity contribution in [3.05, 3.63) is 23.8 Å². The van der Waals surface area contributed by atoms with Gasteiger partial charge in [-0.2, -0.15) is 5.10 Å². The molecule has 0 aliphatic heterocycles. The van der Waals surface area contributed by atoms with E-state index in [1.807, 2.05) is 32.0 Å². The standard InChI is InChI=1S/C12H18N4O2/c1-3-17-10-6-5-9(7-11(10)18-4-2)8-15-16-12(13)14/h5-8H,3-4H2,1-2H3,(H4,13,14,16). The lowest BCUT2D eigenvalue weighted by atomic mass is 10.2. The summed E-state index contributed by atoms with van der Waals surface area (Å²) in [4.78, 5) is 0. The fraction of sp³-hybridized carbons (Fsp3) is 0.333. The van der Waals surface area contributed by atoms with E-state index in [2.05, 4.69) is 10.2 Å². The molecule has 0 atom stereocenters. The van der Waals surface area contributed by atoms with Gasteiger partial charge in [0.2, 0.25) is 5.96 Å². The lowest BCUT2D eigenvalue weighted by Gasteiger charge is -2.10. The number of nitrogens with two attached hydrogens (primary N) is 2. The molecule has 98 valence electrons. The quantitative estimate of drug-likeness (QED) is 0.449. The van der Waals surface area contributed by atoms with Gasteiger partial charge in [-0.15, -0.1) is 5.10 Å². The van der Waals surface area contributed by atoms with Gasteiger partial charge in [0.05, 0.1) is 19.4 Å². The minimum absolute atomic E-state index is 0.0813. The summed E-state index contributed by atoms with van der Waals surface area (Å²) >= 11 is 0. The molecule has 0 radical (unpaired) electrons. The van der Waals surface area contributed by atoms with Gasteiger partial charge in [0.1, 0.15) is 0 Å². The molecular formula is C12H18N4O2. The van der Waals surface area contributed by atoms with Gasteiger partial charge in [0, 0.05) is 0 Å². The van der Waals surface area contributed by atoms with Gasteiger partial charge in [-0.25, -0.2) is 0 Å². The third kappa shape index (κ3) is 4.32. The molecule has 0 saturated carbocycles. The van der Waals surface area contributed by atoms with Crippen molar-refractivity contribution in [1.82, 2.24) is 0 Å². The Morgan fingerprint density at radius 1 is 1.17 bits per heavy atom. The molecule has 0 saturated heterocycles. The number of guanidine groups is 1. The smallest absolute Gasteiger partial charge is 0.211 e. The average Bonchev–Trinajstić information content (AvgIpc) is 2.32. The van der Waals surface area contributed by atoms with Crippen LogP contribution < -0.4 is 20.9 Å². The molecule has 1 rings (SSSR count). The van der Waals surface area contributed by atoms with E-state index < -0.39 is 0 Å². The summed E-state index contributed by atoms with van der Waals surface area (Å²) in [5, 5.41) is 7.26. The van der Waals surface area contributed by atoms with Crippen LogP contribution >= 0.6 is 0 Å². The molecule has 18 heavy (non-hydrogen) atoms. The summed E-state index contributed by atoms with van der Waals surface area (Å²) in [5.41, 5.74) is 11.2. The average molecular weight is 250 g/mol. The normalized spacial score (nSPS) is 10.3.